The van der Waals surface area contributed by atoms with Crippen LogP contribution in [0, 0.1) is 0 Å². The van der Waals surface area contributed by atoms with Crippen LogP contribution in [0.15, 0.2) is 18.7 Å². The predicted molar refractivity (Wildman–Crippen MR) is 68.7 cm³/mol. The van der Waals surface area contributed by atoms with Crippen molar-refractivity contribution in [3.05, 3.63) is 30.0 Å². The van der Waals surface area contributed by atoms with E-state index in [4.69, 9.17) is 4.74 Å². The Morgan fingerprint density at radius 1 is 1.32 bits per heavy atom. The molecule has 0 spiro atoms. The second kappa shape index (κ2) is 3.48. The van der Waals surface area contributed by atoms with E-state index < -0.39 is 0 Å². The Balaban J connectivity index is 2.01. The Kier molecular flexibility index (Phi) is 1.98. The summed E-state index contributed by atoms with van der Waals surface area (Å²) in [6.45, 7) is 4.74. The number of nitrogens with zero attached hydrogens (tertiary/aromatic N) is 5. The number of pyridine rings is 1. The first kappa shape index (κ1) is 10.8. The highest BCUT2D eigenvalue weighted by molar-refractivity contribution is 5.89. The molecule has 0 amide bonds. The number of rotatable bonds is 0. The number of hydrogen-bond donors (Lipinski definition) is 0. The first-order valence-corrected chi connectivity index (χ1v) is 6.23. The number of aromatic nitrogens is 5. The fraction of sp³-hybridized carbons (Fsp3) is 0.385. The molecular formula is C13H13N5O. The maximum atomic E-state index is 5.83. The minimum atomic E-state index is -0.160. The van der Waals surface area contributed by atoms with Gasteiger partial charge in [0.05, 0.1) is 23.3 Å². The van der Waals surface area contributed by atoms with Crippen LogP contribution in [0.1, 0.15) is 25.1 Å². The Morgan fingerprint density at radius 2 is 2.21 bits per heavy atom. The van der Waals surface area contributed by atoms with Gasteiger partial charge in [-0.2, -0.15) is 0 Å². The van der Waals surface area contributed by atoms with E-state index in [0.717, 1.165) is 34.4 Å². The fourth-order valence-electron chi connectivity index (χ4n) is 2.49. The summed E-state index contributed by atoms with van der Waals surface area (Å²) in [5, 5.41) is 8.94. The highest BCUT2D eigenvalue weighted by atomic mass is 16.5. The molecule has 96 valence electrons. The highest BCUT2D eigenvalue weighted by Gasteiger charge is 2.27. The van der Waals surface area contributed by atoms with E-state index in [2.05, 4.69) is 40.1 Å². The molecule has 0 radical (unpaired) electrons. The predicted octanol–water partition coefficient (Wildman–Crippen LogP) is 1.52. The molecule has 6 nitrogen and oxygen atoms in total. The van der Waals surface area contributed by atoms with Crippen LogP contribution < -0.4 is 0 Å². The Hall–Kier alpha value is -2.08. The van der Waals surface area contributed by atoms with Crippen molar-refractivity contribution in [3.63, 3.8) is 0 Å². The molecule has 3 aromatic heterocycles. The van der Waals surface area contributed by atoms with Crippen LogP contribution in [0.25, 0.3) is 16.7 Å². The average molecular weight is 255 g/mol. The van der Waals surface area contributed by atoms with Crippen LogP contribution >= 0.6 is 0 Å². The average Bonchev–Trinajstić information content (AvgIpc) is 2.84. The maximum Gasteiger partial charge on any atom is 0.172 e. The molecule has 0 unspecified atom stereocenters. The van der Waals surface area contributed by atoms with Crippen molar-refractivity contribution in [1.82, 2.24) is 24.6 Å². The second-order valence-electron chi connectivity index (χ2n) is 5.50. The zero-order chi connectivity index (χ0) is 13.0. The zero-order valence-corrected chi connectivity index (χ0v) is 10.8. The van der Waals surface area contributed by atoms with Gasteiger partial charge in [-0.15, -0.1) is 10.2 Å². The maximum absolute atomic E-state index is 5.83. The summed E-state index contributed by atoms with van der Waals surface area (Å²) in [4.78, 5) is 9.04. The van der Waals surface area contributed by atoms with Gasteiger partial charge in [0.1, 0.15) is 12.7 Å². The molecule has 4 rings (SSSR count). The van der Waals surface area contributed by atoms with Crippen LogP contribution in [-0.2, 0) is 17.8 Å². The summed E-state index contributed by atoms with van der Waals surface area (Å²) in [6.07, 6.45) is 4.14. The van der Waals surface area contributed by atoms with Gasteiger partial charge in [-0.05, 0) is 19.9 Å². The van der Waals surface area contributed by atoms with E-state index in [1.54, 1.807) is 17.1 Å². The summed E-state index contributed by atoms with van der Waals surface area (Å²) < 4.78 is 7.63. The van der Waals surface area contributed by atoms with Crippen molar-refractivity contribution in [1.29, 1.82) is 0 Å². The van der Waals surface area contributed by atoms with E-state index in [1.165, 1.54) is 0 Å². The zero-order valence-electron chi connectivity index (χ0n) is 10.8. The lowest BCUT2D eigenvalue weighted by molar-refractivity contribution is -0.0411. The lowest BCUT2D eigenvalue weighted by Crippen LogP contribution is -2.32. The third-order valence-corrected chi connectivity index (χ3v) is 3.50. The van der Waals surface area contributed by atoms with Crippen molar-refractivity contribution < 1.29 is 4.74 Å². The molecule has 19 heavy (non-hydrogen) atoms. The minimum absolute atomic E-state index is 0.160. The second-order valence-corrected chi connectivity index (χ2v) is 5.50. The van der Waals surface area contributed by atoms with Gasteiger partial charge in [0, 0.05) is 12.0 Å². The van der Waals surface area contributed by atoms with E-state index >= 15 is 0 Å². The third kappa shape index (κ3) is 1.60. The van der Waals surface area contributed by atoms with Gasteiger partial charge < -0.3 is 4.74 Å². The van der Waals surface area contributed by atoms with Gasteiger partial charge in [0.2, 0.25) is 0 Å². The van der Waals surface area contributed by atoms with Crippen LogP contribution in [0.3, 0.4) is 0 Å². The molecule has 0 saturated heterocycles. The molecule has 0 saturated carbocycles. The molecule has 0 aliphatic carbocycles. The standard InChI is InChI=1S/C13H13N5O/c1-13(2)4-10-8(5-19-13)3-9-11(16-10)14-6-18-7-15-17-12(9)18/h3,6-7H,4-5H2,1-2H3. The normalized spacial score (nSPS) is 17.8. The highest BCUT2D eigenvalue weighted by Crippen LogP contribution is 2.29. The Bertz CT molecular complexity index is 792. The molecular weight excluding hydrogens is 242 g/mol. The topological polar surface area (TPSA) is 65.2 Å². The first-order chi connectivity index (χ1) is 9.12. The third-order valence-electron chi connectivity index (χ3n) is 3.50. The fourth-order valence-corrected chi connectivity index (χ4v) is 2.49. The van der Waals surface area contributed by atoms with Gasteiger partial charge in [-0.25, -0.2) is 9.97 Å². The molecule has 6 heteroatoms. The van der Waals surface area contributed by atoms with Gasteiger partial charge in [0.15, 0.2) is 11.3 Å². The van der Waals surface area contributed by atoms with Crippen LogP contribution in [0.2, 0.25) is 0 Å². The molecule has 1 aliphatic rings. The Labute approximate surface area is 109 Å². The smallest absolute Gasteiger partial charge is 0.172 e. The van der Waals surface area contributed by atoms with Crippen LogP contribution in [0.5, 0.6) is 0 Å². The lowest BCUT2D eigenvalue weighted by atomic mass is 9.95. The quantitative estimate of drug-likeness (QED) is 0.609. The van der Waals surface area contributed by atoms with E-state index in [-0.39, 0.29) is 5.60 Å². The largest absolute Gasteiger partial charge is 0.370 e. The summed E-state index contributed by atoms with van der Waals surface area (Å²) in [5.74, 6) is 0. The van der Waals surface area contributed by atoms with Gasteiger partial charge in [-0.3, -0.25) is 4.40 Å². The van der Waals surface area contributed by atoms with Crippen molar-refractivity contribution >= 4 is 16.7 Å². The lowest BCUT2D eigenvalue weighted by Gasteiger charge is -2.31. The Morgan fingerprint density at radius 3 is 3.11 bits per heavy atom. The van der Waals surface area contributed by atoms with E-state index in [9.17, 15) is 0 Å². The summed E-state index contributed by atoms with van der Waals surface area (Å²) in [5.41, 5.74) is 3.53. The van der Waals surface area contributed by atoms with Crippen molar-refractivity contribution in [2.75, 3.05) is 0 Å². The van der Waals surface area contributed by atoms with Crippen LogP contribution in [0.4, 0.5) is 0 Å². The van der Waals surface area contributed by atoms with Gasteiger partial charge in [-0.1, -0.05) is 0 Å². The molecule has 0 atom stereocenters. The summed E-state index contributed by atoms with van der Waals surface area (Å²) >= 11 is 0. The molecule has 4 heterocycles. The van der Waals surface area contributed by atoms with Crippen LogP contribution in [-0.4, -0.2) is 30.2 Å². The molecule has 1 aliphatic heterocycles. The van der Waals surface area contributed by atoms with Crippen molar-refractivity contribution in [2.24, 2.45) is 0 Å². The molecule has 0 bridgehead atoms. The number of hydrogen-bond acceptors (Lipinski definition) is 5. The first-order valence-electron chi connectivity index (χ1n) is 6.23. The van der Waals surface area contributed by atoms with Gasteiger partial charge >= 0.3 is 0 Å². The van der Waals surface area contributed by atoms with E-state index in [0.29, 0.717) is 6.61 Å². The minimum Gasteiger partial charge on any atom is -0.370 e. The van der Waals surface area contributed by atoms with Crippen molar-refractivity contribution in [2.45, 2.75) is 32.5 Å². The molecule has 0 fully saturated rings. The molecule has 3 aromatic rings. The van der Waals surface area contributed by atoms with E-state index in [1.807, 2.05) is 0 Å². The number of fused-ring (bicyclic) bond motifs is 4. The SMILES string of the molecule is CC1(C)Cc2nc3ncn4cnnc4c3cc2CO1. The molecule has 0 aromatic carbocycles. The summed E-state index contributed by atoms with van der Waals surface area (Å²) in [6, 6.07) is 2.07. The van der Waals surface area contributed by atoms with Gasteiger partial charge in [0.25, 0.3) is 0 Å². The van der Waals surface area contributed by atoms with Crippen molar-refractivity contribution in [3.8, 4) is 0 Å². The number of ether oxygens (including phenoxy) is 1. The summed E-state index contributed by atoms with van der Waals surface area (Å²) in [7, 11) is 0. The monoisotopic (exact) mass is 255 g/mol. The molecule has 0 N–H and O–H groups in total.